The summed E-state index contributed by atoms with van der Waals surface area (Å²) in [7, 11) is 1.30. The second-order valence-electron chi connectivity index (χ2n) is 2.55. The molecular weight excluding hydrogens is 218 g/mol. The number of carboxylic acid groups (broad SMARTS) is 1. The molecule has 80 valence electrons. The van der Waals surface area contributed by atoms with Crippen molar-refractivity contribution in [3.63, 3.8) is 0 Å². The van der Waals surface area contributed by atoms with Gasteiger partial charge in [-0.05, 0) is 6.08 Å². The molecule has 0 aliphatic rings. The van der Waals surface area contributed by atoms with E-state index >= 15 is 0 Å². The summed E-state index contributed by atoms with van der Waals surface area (Å²) in [4.78, 5) is 25.6. The van der Waals surface area contributed by atoms with Crippen LogP contribution in [0.2, 0.25) is 0 Å². The van der Waals surface area contributed by atoms with Gasteiger partial charge in [0.1, 0.15) is 0 Å². The molecule has 0 saturated carbocycles. The Hall–Kier alpha value is -1.69. The Morgan fingerprint density at radius 2 is 2.40 bits per heavy atom. The number of methoxy groups -OCH3 is 1. The lowest BCUT2D eigenvalue weighted by molar-refractivity contribution is -0.139. The standard InChI is InChI=1S/C9H9NO4S/c1-14-7(11)4-2-3-6-8(9(12)13)10-5-15-6/h2-3,5H,4H2,1H3,(H,12,13). The van der Waals surface area contributed by atoms with E-state index in [4.69, 9.17) is 5.11 Å². The van der Waals surface area contributed by atoms with Gasteiger partial charge >= 0.3 is 11.9 Å². The van der Waals surface area contributed by atoms with Gasteiger partial charge in [0, 0.05) is 0 Å². The number of carbonyl (C=O) groups excluding carboxylic acids is 1. The minimum Gasteiger partial charge on any atom is -0.476 e. The predicted octanol–water partition coefficient (Wildman–Crippen LogP) is 1.42. The molecule has 1 aromatic heterocycles. The second kappa shape index (κ2) is 5.26. The van der Waals surface area contributed by atoms with Crippen LogP contribution >= 0.6 is 11.3 Å². The molecule has 0 spiro atoms. The van der Waals surface area contributed by atoms with E-state index in [1.165, 1.54) is 24.0 Å². The fourth-order valence-electron chi connectivity index (χ4n) is 0.880. The van der Waals surface area contributed by atoms with Crippen molar-refractivity contribution >= 4 is 29.4 Å². The number of thiazole rings is 1. The summed E-state index contributed by atoms with van der Waals surface area (Å²) >= 11 is 1.21. The quantitative estimate of drug-likeness (QED) is 0.787. The summed E-state index contributed by atoms with van der Waals surface area (Å²) in [5.41, 5.74) is 1.45. The number of esters is 1. The number of carboxylic acids is 1. The molecule has 0 atom stereocenters. The lowest BCUT2D eigenvalue weighted by Gasteiger charge is -1.92. The lowest BCUT2D eigenvalue weighted by atomic mass is 10.3. The largest absolute Gasteiger partial charge is 0.476 e. The van der Waals surface area contributed by atoms with E-state index < -0.39 is 5.97 Å². The first-order valence-electron chi connectivity index (χ1n) is 4.05. The third kappa shape index (κ3) is 3.17. The van der Waals surface area contributed by atoms with Crippen LogP contribution in [0.4, 0.5) is 0 Å². The topological polar surface area (TPSA) is 76.5 Å². The molecule has 15 heavy (non-hydrogen) atoms. The zero-order valence-electron chi connectivity index (χ0n) is 7.97. The van der Waals surface area contributed by atoms with Gasteiger partial charge < -0.3 is 9.84 Å². The van der Waals surface area contributed by atoms with E-state index in [0.29, 0.717) is 4.88 Å². The third-order valence-electron chi connectivity index (χ3n) is 1.58. The molecule has 0 fully saturated rings. The number of ether oxygens (including phenoxy) is 1. The van der Waals surface area contributed by atoms with E-state index in [-0.39, 0.29) is 18.1 Å². The minimum atomic E-state index is -1.08. The smallest absolute Gasteiger partial charge is 0.356 e. The van der Waals surface area contributed by atoms with Gasteiger partial charge in [-0.1, -0.05) is 6.08 Å². The van der Waals surface area contributed by atoms with Gasteiger partial charge in [0.25, 0.3) is 0 Å². The molecule has 1 rings (SSSR count). The van der Waals surface area contributed by atoms with Crippen LogP contribution in [0, 0.1) is 0 Å². The van der Waals surface area contributed by atoms with Gasteiger partial charge in [0.05, 0.1) is 23.9 Å². The fraction of sp³-hybridized carbons (Fsp3) is 0.222. The molecule has 0 bridgehead atoms. The third-order valence-corrected chi connectivity index (χ3v) is 2.37. The highest BCUT2D eigenvalue weighted by Crippen LogP contribution is 2.15. The summed E-state index contributed by atoms with van der Waals surface area (Å²) in [6.45, 7) is 0. The molecule has 0 unspecified atom stereocenters. The van der Waals surface area contributed by atoms with Crippen molar-refractivity contribution in [2.75, 3.05) is 7.11 Å². The molecule has 0 radical (unpaired) electrons. The Kier molecular flexibility index (Phi) is 3.99. The Labute approximate surface area is 90.0 Å². The van der Waals surface area contributed by atoms with E-state index in [2.05, 4.69) is 9.72 Å². The lowest BCUT2D eigenvalue weighted by Crippen LogP contribution is -1.98. The van der Waals surface area contributed by atoms with Crippen molar-refractivity contribution in [1.82, 2.24) is 4.98 Å². The van der Waals surface area contributed by atoms with Crippen LogP contribution < -0.4 is 0 Å². The maximum atomic E-state index is 10.8. The summed E-state index contributed by atoms with van der Waals surface area (Å²) < 4.78 is 4.43. The molecule has 6 heteroatoms. The highest BCUT2D eigenvalue weighted by atomic mass is 32.1. The number of aromatic nitrogens is 1. The van der Waals surface area contributed by atoms with Crippen molar-refractivity contribution in [2.24, 2.45) is 0 Å². The van der Waals surface area contributed by atoms with Gasteiger partial charge in [0.2, 0.25) is 0 Å². The number of carbonyl (C=O) groups is 2. The molecule has 1 N–H and O–H groups in total. The van der Waals surface area contributed by atoms with Gasteiger partial charge in [0.15, 0.2) is 5.69 Å². The van der Waals surface area contributed by atoms with E-state index in [0.717, 1.165) is 0 Å². The summed E-state index contributed by atoms with van der Waals surface area (Å²) in [5.74, 6) is -1.44. The number of rotatable bonds is 4. The first kappa shape index (κ1) is 11.4. The summed E-state index contributed by atoms with van der Waals surface area (Å²) in [5, 5.41) is 8.73. The van der Waals surface area contributed by atoms with E-state index in [1.54, 1.807) is 12.2 Å². The van der Waals surface area contributed by atoms with Crippen LogP contribution in [-0.4, -0.2) is 29.1 Å². The monoisotopic (exact) mass is 227 g/mol. The molecule has 0 amide bonds. The number of nitrogens with zero attached hydrogens (tertiary/aromatic N) is 1. The van der Waals surface area contributed by atoms with Crippen LogP contribution in [0.15, 0.2) is 11.6 Å². The first-order valence-corrected chi connectivity index (χ1v) is 4.93. The summed E-state index contributed by atoms with van der Waals surface area (Å²) in [6, 6.07) is 0. The highest BCUT2D eigenvalue weighted by Gasteiger charge is 2.10. The van der Waals surface area contributed by atoms with Gasteiger partial charge in [-0.15, -0.1) is 11.3 Å². The zero-order chi connectivity index (χ0) is 11.3. The van der Waals surface area contributed by atoms with Gasteiger partial charge in [-0.3, -0.25) is 4.79 Å². The van der Waals surface area contributed by atoms with Crippen LogP contribution in [-0.2, 0) is 9.53 Å². The minimum absolute atomic E-state index is 0.00103. The van der Waals surface area contributed by atoms with Crippen LogP contribution in [0.1, 0.15) is 21.8 Å². The van der Waals surface area contributed by atoms with Gasteiger partial charge in [-0.2, -0.15) is 0 Å². The maximum Gasteiger partial charge on any atom is 0.356 e. The normalized spacial score (nSPS) is 10.5. The molecule has 1 aromatic rings. The van der Waals surface area contributed by atoms with Crippen molar-refractivity contribution in [2.45, 2.75) is 6.42 Å². The predicted molar refractivity (Wildman–Crippen MR) is 54.7 cm³/mol. The molecule has 1 heterocycles. The number of hydrogen-bond acceptors (Lipinski definition) is 5. The van der Waals surface area contributed by atoms with E-state index in [1.807, 2.05) is 0 Å². The average molecular weight is 227 g/mol. The van der Waals surface area contributed by atoms with E-state index in [9.17, 15) is 9.59 Å². The summed E-state index contributed by atoms with van der Waals surface area (Å²) in [6.07, 6.45) is 3.22. The fourth-order valence-corrected chi connectivity index (χ4v) is 1.58. The van der Waals surface area contributed by atoms with Crippen LogP contribution in [0.5, 0.6) is 0 Å². The molecule has 0 aliphatic heterocycles. The Morgan fingerprint density at radius 3 is 3.00 bits per heavy atom. The first-order chi connectivity index (χ1) is 7.15. The van der Waals surface area contributed by atoms with Crippen LogP contribution in [0.25, 0.3) is 6.08 Å². The highest BCUT2D eigenvalue weighted by molar-refractivity contribution is 7.10. The van der Waals surface area contributed by atoms with Crippen molar-refractivity contribution in [3.8, 4) is 0 Å². The molecule has 0 aromatic carbocycles. The zero-order valence-corrected chi connectivity index (χ0v) is 8.78. The number of hydrogen-bond donors (Lipinski definition) is 1. The van der Waals surface area contributed by atoms with Crippen molar-refractivity contribution in [1.29, 1.82) is 0 Å². The molecular formula is C9H9NO4S. The molecule has 0 saturated heterocycles. The van der Waals surface area contributed by atoms with Gasteiger partial charge in [-0.25, -0.2) is 9.78 Å². The Morgan fingerprint density at radius 1 is 1.67 bits per heavy atom. The van der Waals surface area contributed by atoms with Crippen molar-refractivity contribution in [3.05, 3.63) is 22.2 Å². The molecule has 0 aliphatic carbocycles. The van der Waals surface area contributed by atoms with Crippen molar-refractivity contribution < 1.29 is 19.4 Å². The molecule has 5 nitrogen and oxygen atoms in total. The average Bonchev–Trinajstić information content (AvgIpc) is 2.65. The Bertz CT molecular complexity index is 397. The Balaban J connectivity index is 2.68. The SMILES string of the molecule is COC(=O)CC=Cc1scnc1C(=O)O. The second-order valence-corrected chi connectivity index (χ2v) is 3.44. The van der Waals surface area contributed by atoms with Crippen LogP contribution in [0.3, 0.4) is 0 Å². The maximum absolute atomic E-state index is 10.8. The number of aromatic carboxylic acids is 1.